The van der Waals surface area contributed by atoms with E-state index >= 15 is 0 Å². The number of nitrogens with one attached hydrogen (secondary N) is 1. The van der Waals surface area contributed by atoms with Crippen LogP contribution in [0.15, 0.2) is 23.1 Å². The van der Waals surface area contributed by atoms with Crippen molar-refractivity contribution >= 4 is 52.6 Å². The molecule has 5 rings (SSSR count). The maximum atomic E-state index is 12.7. The molecule has 32 heavy (non-hydrogen) atoms. The van der Waals surface area contributed by atoms with Gasteiger partial charge in [0.1, 0.15) is 6.04 Å². The number of ether oxygens (including phenoxy) is 2. The summed E-state index contributed by atoms with van der Waals surface area (Å²) in [5.41, 5.74) is 0.727. The fraction of sp³-hybridized carbons (Fsp3) is 0.429. The zero-order chi connectivity index (χ0) is 22.5. The van der Waals surface area contributed by atoms with E-state index in [4.69, 9.17) is 9.47 Å². The summed E-state index contributed by atoms with van der Waals surface area (Å²) < 4.78 is 10.6. The van der Waals surface area contributed by atoms with Crippen molar-refractivity contribution in [1.29, 1.82) is 0 Å². The molecule has 2 atom stereocenters. The molecular formula is C21H21N3O6S2. The average molecular weight is 476 g/mol. The predicted molar refractivity (Wildman–Crippen MR) is 119 cm³/mol. The largest absolute Gasteiger partial charge is 0.454 e. The highest BCUT2D eigenvalue weighted by atomic mass is 32.2. The fourth-order valence-electron chi connectivity index (χ4n) is 4.27. The maximum absolute atomic E-state index is 12.7. The molecule has 11 heteroatoms. The third kappa shape index (κ3) is 3.62. The second kappa shape index (κ2) is 8.04. The third-order valence-corrected chi connectivity index (χ3v) is 8.36. The van der Waals surface area contributed by atoms with Crippen molar-refractivity contribution in [3.05, 3.63) is 28.7 Å². The molecule has 1 aromatic rings. The molecule has 3 fully saturated rings. The minimum absolute atomic E-state index is 0.00255. The van der Waals surface area contributed by atoms with Gasteiger partial charge in [-0.25, -0.2) is 0 Å². The number of amides is 4. The van der Waals surface area contributed by atoms with E-state index in [1.807, 2.05) is 6.92 Å². The first-order valence-electron chi connectivity index (χ1n) is 10.2. The van der Waals surface area contributed by atoms with Crippen LogP contribution >= 0.6 is 23.5 Å². The van der Waals surface area contributed by atoms with E-state index in [-0.39, 0.29) is 41.8 Å². The molecule has 168 valence electrons. The summed E-state index contributed by atoms with van der Waals surface area (Å²) >= 11 is 2.49. The average Bonchev–Trinajstić information content (AvgIpc) is 3.49. The molecule has 4 heterocycles. The molecule has 0 aliphatic carbocycles. The van der Waals surface area contributed by atoms with Crippen molar-refractivity contribution in [2.75, 3.05) is 25.6 Å². The number of imide groups is 1. The van der Waals surface area contributed by atoms with Crippen molar-refractivity contribution in [2.45, 2.75) is 30.7 Å². The molecule has 1 aromatic carbocycles. The number of benzene rings is 1. The van der Waals surface area contributed by atoms with Crippen molar-refractivity contribution < 1.29 is 28.7 Å². The van der Waals surface area contributed by atoms with Gasteiger partial charge in [-0.15, -0.1) is 11.8 Å². The molecule has 4 aliphatic heterocycles. The molecule has 0 unspecified atom stereocenters. The lowest BCUT2D eigenvalue weighted by molar-refractivity contribution is -0.137. The van der Waals surface area contributed by atoms with Crippen LogP contribution < -0.4 is 14.8 Å². The van der Waals surface area contributed by atoms with Gasteiger partial charge in [0.15, 0.2) is 11.5 Å². The van der Waals surface area contributed by atoms with Crippen LogP contribution in [-0.4, -0.2) is 69.3 Å². The van der Waals surface area contributed by atoms with Gasteiger partial charge in [0.25, 0.3) is 11.1 Å². The monoisotopic (exact) mass is 475 g/mol. The predicted octanol–water partition coefficient (Wildman–Crippen LogP) is 2.02. The molecule has 3 saturated heterocycles. The minimum atomic E-state index is -0.513. The first-order chi connectivity index (χ1) is 15.4. The Morgan fingerprint density at radius 3 is 2.94 bits per heavy atom. The molecule has 9 nitrogen and oxygen atoms in total. The van der Waals surface area contributed by atoms with E-state index in [9.17, 15) is 19.2 Å². The Labute approximate surface area is 192 Å². The molecule has 0 saturated carbocycles. The van der Waals surface area contributed by atoms with E-state index < -0.39 is 11.9 Å². The van der Waals surface area contributed by atoms with Gasteiger partial charge in [0.2, 0.25) is 18.6 Å². The number of rotatable bonds is 5. The molecule has 0 spiro atoms. The van der Waals surface area contributed by atoms with E-state index in [1.54, 1.807) is 40.9 Å². The van der Waals surface area contributed by atoms with Crippen molar-refractivity contribution in [1.82, 2.24) is 15.1 Å². The smallest absolute Gasteiger partial charge is 0.293 e. The summed E-state index contributed by atoms with van der Waals surface area (Å²) in [5, 5.41) is 2.40. The number of fused-ring (bicyclic) bond motifs is 2. The van der Waals surface area contributed by atoms with Crippen LogP contribution in [0.1, 0.15) is 25.3 Å². The minimum Gasteiger partial charge on any atom is -0.454 e. The van der Waals surface area contributed by atoms with Crippen LogP contribution in [0.5, 0.6) is 11.5 Å². The SMILES string of the molecule is C[C@]12CCC(=O)N1[C@@H](C(=O)NCCN1C(=O)S/C(=C/c3ccc4c(c3)OCO4)C1=O)CS2. The molecular weight excluding hydrogens is 454 g/mol. The van der Waals surface area contributed by atoms with Crippen molar-refractivity contribution in [3.63, 3.8) is 0 Å². The zero-order valence-electron chi connectivity index (χ0n) is 17.3. The van der Waals surface area contributed by atoms with Crippen LogP contribution in [0.2, 0.25) is 0 Å². The number of carbonyl (C=O) groups is 4. The second-order valence-corrected chi connectivity index (χ2v) is 10.5. The highest BCUT2D eigenvalue weighted by Crippen LogP contribution is 2.47. The number of hydrogen-bond donors (Lipinski definition) is 1. The lowest BCUT2D eigenvalue weighted by atomic mass is 10.2. The Bertz CT molecular complexity index is 1060. The Balaban J connectivity index is 1.18. The van der Waals surface area contributed by atoms with Crippen molar-refractivity contribution in [3.8, 4) is 11.5 Å². The first kappa shape index (κ1) is 21.2. The van der Waals surface area contributed by atoms with Crippen LogP contribution in [0.4, 0.5) is 4.79 Å². The second-order valence-electron chi connectivity index (χ2n) is 8.00. The summed E-state index contributed by atoms with van der Waals surface area (Å²) in [6.45, 7) is 2.35. The topological polar surface area (TPSA) is 105 Å². The summed E-state index contributed by atoms with van der Waals surface area (Å²) in [6, 6.07) is 4.78. The van der Waals surface area contributed by atoms with E-state index in [2.05, 4.69) is 5.32 Å². The van der Waals surface area contributed by atoms with Gasteiger partial charge in [-0.2, -0.15) is 0 Å². The van der Waals surface area contributed by atoms with Crippen molar-refractivity contribution in [2.24, 2.45) is 0 Å². The fourth-order valence-corrected chi connectivity index (χ4v) is 6.57. The Kier molecular flexibility index (Phi) is 5.32. The standard InChI is InChI=1S/C21H21N3O6S2/c1-21-5-4-17(25)24(21)13(10-31-21)18(26)22-6-7-23-19(27)16(32-20(23)28)9-12-2-3-14-15(8-12)30-11-29-14/h2-3,8-9,13H,4-7,10-11H2,1H3,(H,22,26)/b16-9+/t13-,21+/m1/s1. The summed E-state index contributed by atoms with van der Waals surface area (Å²) in [4.78, 5) is 52.7. The Morgan fingerprint density at radius 2 is 2.09 bits per heavy atom. The Morgan fingerprint density at radius 1 is 1.28 bits per heavy atom. The Hall–Kier alpha value is -2.66. The summed E-state index contributed by atoms with van der Waals surface area (Å²) in [5.74, 6) is 1.14. The highest BCUT2D eigenvalue weighted by molar-refractivity contribution is 8.18. The molecule has 0 aromatic heterocycles. The molecule has 4 aliphatic rings. The van der Waals surface area contributed by atoms with E-state index in [1.165, 1.54) is 0 Å². The molecule has 4 amide bonds. The van der Waals surface area contributed by atoms with Gasteiger partial charge in [-0.3, -0.25) is 24.1 Å². The summed E-state index contributed by atoms with van der Waals surface area (Å²) in [7, 11) is 0. The van der Waals surface area contributed by atoms with Gasteiger partial charge < -0.3 is 19.7 Å². The quantitative estimate of drug-likeness (QED) is 0.645. The maximum Gasteiger partial charge on any atom is 0.293 e. The third-order valence-electron chi connectivity index (χ3n) is 5.95. The lowest BCUT2D eigenvalue weighted by Crippen LogP contribution is -2.51. The first-order valence-corrected chi connectivity index (χ1v) is 12.0. The van der Waals surface area contributed by atoms with Gasteiger partial charge in [0, 0.05) is 25.3 Å². The van der Waals surface area contributed by atoms with Gasteiger partial charge >= 0.3 is 0 Å². The van der Waals surface area contributed by atoms with Gasteiger partial charge in [0.05, 0.1) is 9.78 Å². The molecule has 0 radical (unpaired) electrons. The highest BCUT2D eigenvalue weighted by Gasteiger charge is 2.52. The number of nitrogens with zero attached hydrogens (tertiary/aromatic N) is 2. The lowest BCUT2D eigenvalue weighted by Gasteiger charge is -2.29. The molecule has 0 bridgehead atoms. The number of hydrogen-bond acceptors (Lipinski definition) is 8. The van der Waals surface area contributed by atoms with Gasteiger partial charge in [-0.1, -0.05) is 6.07 Å². The van der Waals surface area contributed by atoms with Crippen LogP contribution in [-0.2, 0) is 14.4 Å². The van der Waals surface area contributed by atoms with Crippen LogP contribution in [0.3, 0.4) is 0 Å². The zero-order valence-corrected chi connectivity index (χ0v) is 18.9. The number of thioether (sulfide) groups is 2. The van der Waals surface area contributed by atoms with Gasteiger partial charge in [-0.05, 0) is 48.9 Å². The van der Waals surface area contributed by atoms with E-state index in [0.717, 1.165) is 28.6 Å². The van der Waals surface area contributed by atoms with Crippen LogP contribution in [0.25, 0.3) is 6.08 Å². The van der Waals surface area contributed by atoms with E-state index in [0.29, 0.717) is 28.6 Å². The summed E-state index contributed by atoms with van der Waals surface area (Å²) in [6.07, 6.45) is 2.84. The number of carbonyl (C=O) groups excluding carboxylic acids is 4. The molecule has 1 N–H and O–H groups in total. The normalized spacial score (nSPS) is 27.6. The van der Waals surface area contributed by atoms with Crippen LogP contribution in [0, 0.1) is 0 Å².